The van der Waals surface area contributed by atoms with Crippen LogP contribution in [-0.2, 0) is 11.0 Å². The number of rotatable bonds is 3. The largest absolute Gasteiger partial charge is 0.416 e. The van der Waals surface area contributed by atoms with Gasteiger partial charge in [-0.3, -0.25) is 4.79 Å². The molecule has 2 fully saturated rings. The van der Waals surface area contributed by atoms with Crippen LogP contribution in [0.15, 0.2) is 18.3 Å². The van der Waals surface area contributed by atoms with Crippen molar-refractivity contribution in [1.29, 1.82) is 0 Å². The molecule has 172 valence electrons. The van der Waals surface area contributed by atoms with Crippen LogP contribution in [0.3, 0.4) is 0 Å². The van der Waals surface area contributed by atoms with Crippen molar-refractivity contribution in [3.8, 4) is 0 Å². The van der Waals surface area contributed by atoms with Gasteiger partial charge in [0.15, 0.2) is 0 Å². The van der Waals surface area contributed by atoms with Gasteiger partial charge >= 0.3 is 6.18 Å². The summed E-state index contributed by atoms with van der Waals surface area (Å²) in [6, 6.07) is 1.86. The van der Waals surface area contributed by atoms with Crippen molar-refractivity contribution in [3.63, 3.8) is 0 Å². The van der Waals surface area contributed by atoms with Crippen molar-refractivity contribution >= 4 is 36.5 Å². The Hall–Kier alpha value is -1.29. The zero-order valence-corrected chi connectivity index (χ0v) is 18.6. The molecule has 0 unspecified atom stereocenters. The van der Waals surface area contributed by atoms with Crippen LogP contribution in [0, 0.1) is 5.41 Å². The Morgan fingerprint density at radius 1 is 1.23 bits per heavy atom. The molecular formula is C19H29Cl2F3N4O2. The zero-order valence-electron chi connectivity index (χ0n) is 17.0. The van der Waals surface area contributed by atoms with E-state index in [1.54, 1.807) is 23.6 Å². The maximum atomic E-state index is 13.3. The highest BCUT2D eigenvalue weighted by molar-refractivity contribution is 5.86. The number of aromatic nitrogens is 1. The van der Waals surface area contributed by atoms with Crippen LogP contribution >= 0.6 is 24.8 Å². The zero-order chi connectivity index (χ0) is 20.7. The molecule has 3 N–H and O–H groups in total. The second-order valence-corrected chi connectivity index (χ2v) is 8.32. The van der Waals surface area contributed by atoms with Crippen molar-refractivity contribution < 1.29 is 23.1 Å². The number of amides is 1. The van der Waals surface area contributed by atoms with E-state index in [9.17, 15) is 23.1 Å². The van der Waals surface area contributed by atoms with Crippen molar-refractivity contribution in [2.45, 2.75) is 50.9 Å². The SMILES string of the molecule is CC(C)(O)[C@@]1(C(=O)N2CCN(c3cc(C(F)(F)F)ccn3)CC2)CC[C@H](N)C1.Cl.Cl. The van der Waals surface area contributed by atoms with Crippen LogP contribution in [0.1, 0.15) is 38.7 Å². The predicted octanol–water partition coefficient (Wildman–Crippen LogP) is 2.86. The summed E-state index contributed by atoms with van der Waals surface area (Å²) in [4.78, 5) is 20.8. The molecule has 1 amide bonds. The standard InChI is InChI=1S/C19H27F3N4O2.2ClH/c1-17(2,28)18(5-3-14(23)12-18)16(27)26-9-7-25(8-10-26)15-11-13(4-6-24-15)19(20,21)22;;/h4,6,11,14,28H,3,5,7-10,12,23H2,1-2H3;2*1H/t14-,18-;;/m0../s1. The highest BCUT2D eigenvalue weighted by atomic mass is 35.5. The minimum absolute atomic E-state index is 0. The number of hydrogen-bond donors (Lipinski definition) is 2. The molecule has 0 bridgehead atoms. The molecule has 3 rings (SSSR count). The summed E-state index contributed by atoms with van der Waals surface area (Å²) < 4.78 is 38.8. The molecule has 2 aliphatic rings. The van der Waals surface area contributed by atoms with Crippen LogP contribution in [0.5, 0.6) is 0 Å². The summed E-state index contributed by atoms with van der Waals surface area (Å²) >= 11 is 0. The molecule has 2 atom stereocenters. The summed E-state index contributed by atoms with van der Waals surface area (Å²) in [5.74, 6) is 0.131. The highest BCUT2D eigenvalue weighted by Gasteiger charge is 2.55. The number of carbonyl (C=O) groups is 1. The van der Waals surface area contributed by atoms with E-state index in [1.807, 2.05) is 0 Å². The Morgan fingerprint density at radius 3 is 2.30 bits per heavy atom. The first-order chi connectivity index (χ1) is 12.9. The van der Waals surface area contributed by atoms with Crippen molar-refractivity contribution in [2.75, 3.05) is 31.1 Å². The van der Waals surface area contributed by atoms with E-state index >= 15 is 0 Å². The normalized spacial score (nSPS) is 24.8. The number of pyridine rings is 1. The fraction of sp³-hybridized carbons (Fsp3) is 0.684. The monoisotopic (exact) mass is 472 g/mol. The van der Waals surface area contributed by atoms with Gasteiger partial charge in [-0.1, -0.05) is 0 Å². The van der Waals surface area contributed by atoms with Gasteiger partial charge in [0.05, 0.1) is 16.6 Å². The third-order valence-electron chi connectivity index (χ3n) is 6.10. The summed E-state index contributed by atoms with van der Waals surface area (Å²) in [5.41, 5.74) is 3.18. The smallest absolute Gasteiger partial charge is 0.389 e. The third kappa shape index (κ3) is 5.12. The number of alkyl halides is 3. The molecule has 1 aliphatic heterocycles. The van der Waals surface area contributed by atoms with Crippen LogP contribution in [0.2, 0.25) is 0 Å². The molecule has 6 nitrogen and oxygen atoms in total. The van der Waals surface area contributed by atoms with Crippen LogP contribution in [-0.4, -0.2) is 58.7 Å². The quantitative estimate of drug-likeness (QED) is 0.706. The molecule has 0 radical (unpaired) electrons. The molecule has 30 heavy (non-hydrogen) atoms. The molecule has 1 saturated carbocycles. The lowest BCUT2D eigenvalue weighted by molar-refractivity contribution is -0.158. The van der Waals surface area contributed by atoms with Crippen LogP contribution in [0.4, 0.5) is 19.0 Å². The number of hydrogen-bond acceptors (Lipinski definition) is 5. The molecule has 1 aromatic heterocycles. The maximum Gasteiger partial charge on any atom is 0.416 e. The number of carbonyl (C=O) groups excluding carboxylic acids is 1. The lowest BCUT2D eigenvalue weighted by Gasteiger charge is -2.45. The van der Waals surface area contributed by atoms with E-state index in [0.717, 1.165) is 18.3 Å². The number of halogens is 5. The molecule has 2 heterocycles. The van der Waals surface area contributed by atoms with Gasteiger partial charge in [0.25, 0.3) is 0 Å². The molecule has 1 aromatic rings. The topological polar surface area (TPSA) is 82.7 Å². The molecule has 11 heteroatoms. The number of aliphatic hydroxyl groups is 1. The average molecular weight is 473 g/mol. The Balaban J connectivity index is 0.00000225. The van der Waals surface area contributed by atoms with Gasteiger partial charge < -0.3 is 20.6 Å². The van der Waals surface area contributed by atoms with E-state index in [1.165, 1.54) is 0 Å². The van der Waals surface area contributed by atoms with Gasteiger partial charge in [0.2, 0.25) is 5.91 Å². The summed E-state index contributed by atoms with van der Waals surface area (Å²) in [6.45, 7) is 4.78. The predicted molar refractivity (Wildman–Crippen MR) is 113 cm³/mol. The lowest BCUT2D eigenvalue weighted by Crippen LogP contribution is -2.58. The number of piperazine rings is 1. The van der Waals surface area contributed by atoms with E-state index < -0.39 is 22.8 Å². The van der Waals surface area contributed by atoms with E-state index in [2.05, 4.69) is 4.98 Å². The molecule has 1 saturated heterocycles. The fourth-order valence-electron chi connectivity index (χ4n) is 4.30. The summed E-state index contributed by atoms with van der Waals surface area (Å²) in [7, 11) is 0. The number of anilines is 1. The van der Waals surface area contributed by atoms with Crippen LogP contribution < -0.4 is 10.6 Å². The van der Waals surface area contributed by atoms with E-state index in [0.29, 0.717) is 45.4 Å². The molecule has 0 aromatic carbocycles. The minimum atomic E-state index is -4.42. The number of nitrogens with two attached hydrogens (primary N) is 1. The Kier molecular flexibility index (Phi) is 8.43. The van der Waals surface area contributed by atoms with Crippen molar-refractivity contribution in [2.24, 2.45) is 11.1 Å². The Morgan fingerprint density at radius 2 is 1.83 bits per heavy atom. The average Bonchev–Trinajstić information content (AvgIpc) is 3.04. The maximum absolute atomic E-state index is 13.3. The second-order valence-electron chi connectivity index (χ2n) is 8.32. The Bertz CT molecular complexity index is 737. The lowest BCUT2D eigenvalue weighted by atomic mass is 9.71. The van der Waals surface area contributed by atoms with Crippen molar-refractivity contribution in [3.05, 3.63) is 23.9 Å². The van der Waals surface area contributed by atoms with Gasteiger partial charge in [0, 0.05) is 38.4 Å². The molecule has 1 aliphatic carbocycles. The summed E-state index contributed by atoms with van der Waals surface area (Å²) in [6.07, 6.45) is -1.62. The summed E-state index contributed by atoms with van der Waals surface area (Å²) in [5, 5.41) is 10.7. The van der Waals surface area contributed by atoms with Gasteiger partial charge in [0.1, 0.15) is 5.82 Å². The first-order valence-corrected chi connectivity index (χ1v) is 9.49. The van der Waals surface area contributed by atoms with Gasteiger partial charge in [-0.2, -0.15) is 13.2 Å². The first kappa shape index (κ1) is 26.7. The fourth-order valence-corrected chi connectivity index (χ4v) is 4.30. The van der Waals surface area contributed by atoms with Gasteiger partial charge in [-0.05, 0) is 45.2 Å². The first-order valence-electron chi connectivity index (χ1n) is 9.49. The molecule has 0 spiro atoms. The van der Waals surface area contributed by atoms with Gasteiger partial charge in [-0.25, -0.2) is 4.98 Å². The molecular weight excluding hydrogens is 444 g/mol. The van der Waals surface area contributed by atoms with Crippen molar-refractivity contribution in [1.82, 2.24) is 9.88 Å². The highest BCUT2D eigenvalue weighted by Crippen LogP contribution is 2.47. The minimum Gasteiger partial charge on any atom is -0.389 e. The second kappa shape index (κ2) is 9.46. The van der Waals surface area contributed by atoms with E-state index in [-0.39, 0.29) is 42.6 Å². The van der Waals surface area contributed by atoms with Crippen LogP contribution in [0.25, 0.3) is 0 Å². The third-order valence-corrected chi connectivity index (χ3v) is 6.10. The van der Waals surface area contributed by atoms with E-state index in [4.69, 9.17) is 5.73 Å². The van der Waals surface area contributed by atoms with Gasteiger partial charge in [-0.15, -0.1) is 24.8 Å². The number of nitrogens with zero attached hydrogens (tertiary/aromatic N) is 3. The Labute approximate surface area is 186 Å².